The molecule has 0 aromatic heterocycles. The molecule has 18 heavy (non-hydrogen) atoms. The highest BCUT2D eigenvalue weighted by Gasteiger charge is 2.24. The Morgan fingerprint density at radius 3 is 2.39 bits per heavy atom. The van der Waals surface area contributed by atoms with E-state index in [4.69, 9.17) is 5.11 Å². The second-order valence-corrected chi connectivity index (χ2v) is 6.31. The monoisotopic (exact) mass is 273 g/mol. The molecule has 1 aliphatic carbocycles. The summed E-state index contributed by atoms with van der Waals surface area (Å²) in [5.41, 5.74) is 0. The summed E-state index contributed by atoms with van der Waals surface area (Å²) in [7, 11) is 0. The smallest absolute Gasteiger partial charge is 0.327 e. The van der Waals surface area contributed by atoms with Crippen molar-refractivity contribution in [1.82, 2.24) is 5.32 Å². The second-order valence-electron chi connectivity index (χ2n) is 4.98. The largest absolute Gasteiger partial charge is 0.480 e. The molecule has 1 fully saturated rings. The van der Waals surface area contributed by atoms with Gasteiger partial charge in [-0.25, -0.2) is 4.79 Å². The number of carboxylic acid groups (broad SMARTS) is 1. The Balaban J connectivity index is 2.30. The number of carboxylic acids is 1. The van der Waals surface area contributed by atoms with Gasteiger partial charge in [-0.2, -0.15) is 11.8 Å². The van der Waals surface area contributed by atoms with Gasteiger partial charge in [-0.15, -0.1) is 0 Å². The van der Waals surface area contributed by atoms with Gasteiger partial charge in [-0.1, -0.05) is 13.3 Å². The zero-order valence-electron chi connectivity index (χ0n) is 11.1. The van der Waals surface area contributed by atoms with Gasteiger partial charge in [0.15, 0.2) is 0 Å². The van der Waals surface area contributed by atoms with Crippen LogP contribution in [-0.4, -0.2) is 34.0 Å². The lowest BCUT2D eigenvalue weighted by atomic mass is 9.87. The minimum absolute atomic E-state index is 0.280. The van der Waals surface area contributed by atoms with Gasteiger partial charge in [-0.05, 0) is 31.6 Å². The molecule has 1 unspecified atom stereocenters. The lowest BCUT2D eigenvalue weighted by Gasteiger charge is -2.28. The van der Waals surface area contributed by atoms with Crippen molar-refractivity contribution in [3.63, 3.8) is 0 Å². The quantitative estimate of drug-likeness (QED) is 0.779. The number of hydrogen-bond acceptors (Lipinski definition) is 3. The van der Waals surface area contributed by atoms with Crippen LogP contribution in [-0.2, 0) is 9.59 Å². The second kappa shape index (κ2) is 7.67. The maximum Gasteiger partial charge on any atom is 0.327 e. The highest BCUT2D eigenvalue weighted by Crippen LogP contribution is 2.33. The van der Waals surface area contributed by atoms with E-state index in [9.17, 15) is 9.59 Å². The van der Waals surface area contributed by atoms with Crippen molar-refractivity contribution in [1.29, 1.82) is 0 Å². The summed E-state index contributed by atoms with van der Waals surface area (Å²) in [6.07, 6.45) is 6.12. The topological polar surface area (TPSA) is 66.4 Å². The molecular weight excluding hydrogens is 250 g/mol. The Labute approximate surface area is 113 Å². The lowest BCUT2D eigenvalue weighted by molar-refractivity contribution is -0.140. The molecule has 0 spiro atoms. The first-order chi connectivity index (χ1) is 8.52. The van der Waals surface area contributed by atoms with Crippen LogP contribution >= 0.6 is 11.8 Å². The number of amides is 1. The van der Waals surface area contributed by atoms with Gasteiger partial charge in [-0.3, -0.25) is 4.79 Å². The Bertz CT molecular complexity index is 288. The van der Waals surface area contributed by atoms with E-state index in [2.05, 4.69) is 12.2 Å². The molecule has 2 N–H and O–H groups in total. The Kier molecular flexibility index (Phi) is 6.54. The summed E-state index contributed by atoms with van der Waals surface area (Å²) >= 11 is 1.69. The molecule has 4 nitrogen and oxygen atoms in total. The number of rotatable bonds is 6. The van der Waals surface area contributed by atoms with Gasteiger partial charge in [0.05, 0.1) is 0 Å². The molecule has 1 saturated carbocycles. The Morgan fingerprint density at radius 2 is 1.94 bits per heavy atom. The Morgan fingerprint density at radius 1 is 1.33 bits per heavy atom. The molecule has 0 aliphatic heterocycles. The fourth-order valence-corrected chi connectivity index (χ4v) is 3.66. The number of carbonyl (C=O) groups excluding carboxylic acids is 1. The summed E-state index contributed by atoms with van der Waals surface area (Å²) in [4.78, 5) is 21.9. The maximum atomic E-state index is 11.0. The molecule has 0 saturated heterocycles. The molecule has 0 heterocycles. The summed E-state index contributed by atoms with van der Waals surface area (Å²) in [6.45, 7) is 3.59. The third kappa shape index (κ3) is 5.29. The van der Waals surface area contributed by atoms with Gasteiger partial charge in [0, 0.05) is 17.9 Å². The fourth-order valence-electron chi connectivity index (χ4n) is 2.36. The molecule has 1 atom stereocenters. The van der Waals surface area contributed by atoms with E-state index in [-0.39, 0.29) is 5.91 Å². The molecule has 104 valence electrons. The molecule has 0 aromatic rings. The first kappa shape index (κ1) is 15.3. The van der Waals surface area contributed by atoms with Crippen LogP contribution in [0.1, 0.15) is 46.0 Å². The average Bonchev–Trinajstić information content (AvgIpc) is 2.34. The van der Waals surface area contributed by atoms with Gasteiger partial charge in [0.1, 0.15) is 6.04 Å². The van der Waals surface area contributed by atoms with Crippen LogP contribution in [0.3, 0.4) is 0 Å². The molecule has 5 heteroatoms. The zero-order chi connectivity index (χ0) is 13.5. The normalized spacial score (nSPS) is 25.4. The SMILES string of the molecule is CCC1CCC(SCC(NC(C)=O)C(=O)O)CC1. The van der Waals surface area contributed by atoms with Crippen molar-refractivity contribution in [3.8, 4) is 0 Å². The summed E-state index contributed by atoms with van der Waals surface area (Å²) < 4.78 is 0. The van der Waals surface area contributed by atoms with E-state index in [1.165, 1.54) is 39.0 Å². The van der Waals surface area contributed by atoms with Crippen molar-refractivity contribution in [2.45, 2.75) is 57.2 Å². The van der Waals surface area contributed by atoms with Crippen molar-refractivity contribution >= 4 is 23.6 Å². The number of nitrogens with one attached hydrogen (secondary N) is 1. The predicted octanol–water partition coefficient (Wildman–Crippen LogP) is 2.28. The first-order valence-electron chi connectivity index (χ1n) is 6.64. The van der Waals surface area contributed by atoms with Crippen LogP contribution < -0.4 is 5.32 Å². The molecule has 0 aromatic carbocycles. The lowest BCUT2D eigenvalue weighted by Crippen LogP contribution is -2.41. The fraction of sp³-hybridized carbons (Fsp3) is 0.846. The third-order valence-corrected chi connectivity index (χ3v) is 5.01. The summed E-state index contributed by atoms with van der Waals surface area (Å²) in [5, 5.41) is 12.0. The predicted molar refractivity (Wildman–Crippen MR) is 73.7 cm³/mol. The molecule has 1 aliphatic rings. The Hall–Kier alpha value is -0.710. The summed E-state index contributed by atoms with van der Waals surface area (Å²) in [6, 6.07) is -0.753. The van der Waals surface area contributed by atoms with Crippen molar-refractivity contribution in [2.24, 2.45) is 5.92 Å². The number of aliphatic carboxylic acids is 1. The average molecular weight is 273 g/mol. The highest BCUT2D eigenvalue weighted by molar-refractivity contribution is 7.99. The summed E-state index contributed by atoms with van der Waals surface area (Å²) in [5.74, 6) is 0.0983. The molecule has 1 rings (SSSR count). The van der Waals surface area contributed by atoms with E-state index >= 15 is 0 Å². The zero-order valence-corrected chi connectivity index (χ0v) is 12.0. The van der Waals surface area contributed by atoms with Crippen LogP contribution in [0, 0.1) is 5.92 Å². The van der Waals surface area contributed by atoms with Crippen molar-refractivity contribution in [3.05, 3.63) is 0 Å². The van der Waals surface area contributed by atoms with E-state index < -0.39 is 12.0 Å². The van der Waals surface area contributed by atoms with E-state index in [1.54, 1.807) is 11.8 Å². The van der Waals surface area contributed by atoms with Gasteiger partial charge in [0.2, 0.25) is 5.91 Å². The van der Waals surface area contributed by atoms with Gasteiger partial charge < -0.3 is 10.4 Å². The van der Waals surface area contributed by atoms with E-state index in [1.807, 2.05) is 0 Å². The maximum absolute atomic E-state index is 11.0. The minimum atomic E-state index is -0.944. The van der Waals surface area contributed by atoms with E-state index in [0.717, 1.165) is 5.92 Å². The molecule has 0 bridgehead atoms. The van der Waals surface area contributed by atoms with Crippen LogP contribution in [0.4, 0.5) is 0 Å². The highest BCUT2D eigenvalue weighted by atomic mass is 32.2. The van der Waals surface area contributed by atoms with Crippen LogP contribution in [0.5, 0.6) is 0 Å². The standard InChI is InChI=1S/C13H23NO3S/c1-3-10-4-6-11(7-5-10)18-8-12(13(16)17)14-9(2)15/h10-12H,3-8H2,1-2H3,(H,14,15)(H,16,17). The minimum Gasteiger partial charge on any atom is -0.480 e. The number of carbonyl (C=O) groups is 2. The van der Waals surface area contributed by atoms with Crippen LogP contribution in [0.25, 0.3) is 0 Å². The van der Waals surface area contributed by atoms with E-state index in [0.29, 0.717) is 11.0 Å². The van der Waals surface area contributed by atoms with Gasteiger partial charge >= 0.3 is 5.97 Å². The third-order valence-electron chi connectivity index (χ3n) is 3.55. The first-order valence-corrected chi connectivity index (χ1v) is 7.69. The van der Waals surface area contributed by atoms with Crippen molar-refractivity contribution in [2.75, 3.05) is 5.75 Å². The number of thioether (sulfide) groups is 1. The molecular formula is C13H23NO3S. The molecule has 1 amide bonds. The van der Waals surface area contributed by atoms with Gasteiger partial charge in [0.25, 0.3) is 0 Å². The van der Waals surface area contributed by atoms with Crippen LogP contribution in [0.2, 0.25) is 0 Å². The van der Waals surface area contributed by atoms with Crippen LogP contribution in [0.15, 0.2) is 0 Å². The number of hydrogen-bond donors (Lipinski definition) is 2. The molecule has 0 radical (unpaired) electrons. The van der Waals surface area contributed by atoms with Crippen molar-refractivity contribution < 1.29 is 14.7 Å².